The largest absolute Gasteiger partial charge is 0.370 e. The number of anilines is 1. The Kier molecular flexibility index (Phi) is 10.3. The summed E-state index contributed by atoms with van der Waals surface area (Å²) in [7, 11) is 2.05. The molecule has 23 heavy (non-hydrogen) atoms. The molecule has 1 aliphatic carbocycles. The number of hydrogen-bond acceptors (Lipinski definition) is 3. The predicted molar refractivity (Wildman–Crippen MR) is 102 cm³/mol. The van der Waals surface area contributed by atoms with Crippen LogP contribution in [0.1, 0.15) is 32.6 Å². The van der Waals surface area contributed by atoms with E-state index in [1.807, 2.05) is 18.2 Å². The third-order valence-electron chi connectivity index (χ3n) is 4.58. The molecule has 132 valence electrons. The minimum atomic E-state index is 0. The summed E-state index contributed by atoms with van der Waals surface area (Å²) in [6.07, 6.45) is 3.88. The SMILES string of the molecule is CC(CNC(=O)C[C@@H]1CCC[C@H]1N)N(C)c1ccccc1.Cl.Cl. The lowest BCUT2D eigenvalue weighted by atomic mass is 10.00. The summed E-state index contributed by atoms with van der Waals surface area (Å²) in [5.41, 5.74) is 7.18. The van der Waals surface area contributed by atoms with Gasteiger partial charge in [-0.2, -0.15) is 0 Å². The van der Waals surface area contributed by atoms with Gasteiger partial charge in [0.05, 0.1) is 0 Å². The van der Waals surface area contributed by atoms with Crippen LogP contribution in [0, 0.1) is 5.92 Å². The maximum Gasteiger partial charge on any atom is 0.220 e. The minimum absolute atomic E-state index is 0. The molecule has 1 unspecified atom stereocenters. The summed E-state index contributed by atoms with van der Waals surface area (Å²) in [6, 6.07) is 10.7. The van der Waals surface area contributed by atoms with Gasteiger partial charge in [0.15, 0.2) is 0 Å². The lowest BCUT2D eigenvalue weighted by Crippen LogP contribution is -2.41. The quantitative estimate of drug-likeness (QED) is 0.818. The second-order valence-electron chi connectivity index (χ2n) is 6.16. The van der Waals surface area contributed by atoms with Crippen LogP contribution in [-0.4, -0.2) is 31.6 Å². The highest BCUT2D eigenvalue weighted by Gasteiger charge is 2.26. The van der Waals surface area contributed by atoms with Crippen LogP contribution in [0.2, 0.25) is 0 Å². The van der Waals surface area contributed by atoms with Gasteiger partial charge in [-0.3, -0.25) is 4.79 Å². The molecule has 0 aromatic heterocycles. The molecule has 1 aromatic rings. The number of para-hydroxylation sites is 1. The van der Waals surface area contributed by atoms with Crippen LogP contribution in [0.3, 0.4) is 0 Å². The Morgan fingerprint density at radius 3 is 2.52 bits per heavy atom. The first-order valence-electron chi connectivity index (χ1n) is 7.88. The van der Waals surface area contributed by atoms with Crippen LogP contribution >= 0.6 is 24.8 Å². The molecule has 3 N–H and O–H groups in total. The molecule has 2 rings (SSSR count). The van der Waals surface area contributed by atoms with Crippen molar-refractivity contribution >= 4 is 36.4 Å². The van der Waals surface area contributed by atoms with E-state index < -0.39 is 0 Å². The van der Waals surface area contributed by atoms with E-state index in [0.29, 0.717) is 18.9 Å². The molecule has 3 atom stereocenters. The van der Waals surface area contributed by atoms with E-state index in [9.17, 15) is 4.79 Å². The number of nitrogens with one attached hydrogen (secondary N) is 1. The van der Waals surface area contributed by atoms with Gasteiger partial charge in [0, 0.05) is 37.8 Å². The lowest BCUT2D eigenvalue weighted by Gasteiger charge is -2.27. The van der Waals surface area contributed by atoms with Gasteiger partial charge >= 0.3 is 0 Å². The summed E-state index contributed by atoms with van der Waals surface area (Å²) in [4.78, 5) is 14.2. The molecule has 0 saturated heterocycles. The van der Waals surface area contributed by atoms with E-state index in [1.165, 1.54) is 0 Å². The molecule has 1 fully saturated rings. The Balaban J connectivity index is 0.00000242. The van der Waals surface area contributed by atoms with Crippen molar-refractivity contribution in [1.29, 1.82) is 0 Å². The number of nitrogens with two attached hydrogens (primary N) is 1. The number of rotatable bonds is 6. The number of carbonyl (C=O) groups excluding carboxylic acids is 1. The van der Waals surface area contributed by atoms with E-state index >= 15 is 0 Å². The van der Waals surface area contributed by atoms with Gasteiger partial charge in [0.2, 0.25) is 5.91 Å². The number of likely N-dealkylation sites (N-methyl/N-ethyl adjacent to an activating group) is 1. The standard InChI is InChI=1S/C17H27N3O.2ClH/c1-13(20(2)15-8-4-3-5-9-15)12-19-17(21)11-14-7-6-10-16(14)18;;/h3-5,8-9,13-14,16H,6-7,10-12,18H2,1-2H3,(H,19,21);2*1H/t13?,14-,16+;;/m0../s1. The van der Waals surface area contributed by atoms with E-state index in [4.69, 9.17) is 5.73 Å². The van der Waals surface area contributed by atoms with Crippen molar-refractivity contribution in [2.75, 3.05) is 18.5 Å². The van der Waals surface area contributed by atoms with Gasteiger partial charge < -0.3 is 16.0 Å². The summed E-state index contributed by atoms with van der Waals surface area (Å²) < 4.78 is 0. The molecule has 0 spiro atoms. The molecular weight excluding hydrogens is 333 g/mol. The Morgan fingerprint density at radius 2 is 1.96 bits per heavy atom. The number of carbonyl (C=O) groups is 1. The van der Waals surface area contributed by atoms with Gasteiger partial charge in [0.1, 0.15) is 0 Å². The zero-order valence-corrected chi connectivity index (χ0v) is 15.5. The molecule has 1 aromatic carbocycles. The van der Waals surface area contributed by atoms with Crippen LogP contribution in [0.4, 0.5) is 5.69 Å². The lowest BCUT2D eigenvalue weighted by molar-refractivity contribution is -0.122. The van der Waals surface area contributed by atoms with Gasteiger partial charge in [-0.15, -0.1) is 24.8 Å². The first-order valence-corrected chi connectivity index (χ1v) is 7.88. The molecule has 4 nitrogen and oxygen atoms in total. The van der Waals surface area contributed by atoms with Gasteiger partial charge in [-0.05, 0) is 37.8 Å². The van der Waals surface area contributed by atoms with Crippen molar-refractivity contribution in [3.63, 3.8) is 0 Å². The molecule has 1 amide bonds. The maximum atomic E-state index is 12.0. The zero-order valence-electron chi connectivity index (χ0n) is 13.9. The Hall–Kier alpha value is -0.970. The van der Waals surface area contributed by atoms with Crippen molar-refractivity contribution < 1.29 is 4.79 Å². The molecule has 1 aliphatic rings. The summed E-state index contributed by atoms with van der Waals surface area (Å²) >= 11 is 0. The average molecular weight is 362 g/mol. The van der Waals surface area contributed by atoms with Crippen molar-refractivity contribution in [2.24, 2.45) is 11.7 Å². The molecule has 6 heteroatoms. The molecule has 0 bridgehead atoms. The smallest absolute Gasteiger partial charge is 0.220 e. The Bertz CT molecular complexity index is 458. The summed E-state index contributed by atoms with van der Waals surface area (Å²) in [5.74, 6) is 0.498. The second kappa shape index (κ2) is 10.7. The van der Waals surface area contributed by atoms with Crippen LogP contribution in [-0.2, 0) is 4.79 Å². The molecular formula is C17H29Cl2N3O. The highest BCUT2D eigenvalue weighted by Crippen LogP contribution is 2.26. The van der Waals surface area contributed by atoms with E-state index in [0.717, 1.165) is 24.9 Å². The highest BCUT2D eigenvalue weighted by molar-refractivity contribution is 5.85. The molecule has 0 aliphatic heterocycles. The fourth-order valence-electron chi connectivity index (χ4n) is 2.95. The third-order valence-corrected chi connectivity index (χ3v) is 4.58. The van der Waals surface area contributed by atoms with Gasteiger partial charge in [-0.25, -0.2) is 0 Å². The normalized spacial score (nSPS) is 20.8. The van der Waals surface area contributed by atoms with Crippen molar-refractivity contribution in [1.82, 2.24) is 5.32 Å². The van der Waals surface area contributed by atoms with Crippen LogP contribution in [0.25, 0.3) is 0 Å². The van der Waals surface area contributed by atoms with Crippen molar-refractivity contribution in [3.05, 3.63) is 30.3 Å². The van der Waals surface area contributed by atoms with Crippen LogP contribution < -0.4 is 16.0 Å². The minimum Gasteiger partial charge on any atom is -0.370 e. The van der Waals surface area contributed by atoms with E-state index in [2.05, 4.69) is 36.3 Å². The molecule has 0 radical (unpaired) electrons. The second-order valence-corrected chi connectivity index (χ2v) is 6.16. The maximum absolute atomic E-state index is 12.0. The average Bonchev–Trinajstić information content (AvgIpc) is 2.90. The highest BCUT2D eigenvalue weighted by atomic mass is 35.5. The van der Waals surface area contributed by atoms with E-state index in [-0.39, 0.29) is 42.8 Å². The Labute approximate surface area is 152 Å². The topological polar surface area (TPSA) is 58.4 Å². The fraction of sp³-hybridized carbons (Fsp3) is 0.588. The first-order chi connectivity index (χ1) is 10.1. The first kappa shape index (κ1) is 22.0. The van der Waals surface area contributed by atoms with Crippen molar-refractivity contribution in [2.45, 2.75) is 44.7 Å². The van der Waals surface area contributed by atoms with Crippen LogP contribution in [0.15, 0.2) is 30.3 Å². The monoisotopic (exact) mass is 361 g/mol. The van der Waals surface area contributed by atoms with Gasteiger partial charge in [-0.1, -0.05) is 24.6 Å². The zero-order chi connectivity index (χ0) is 15.2. The number of halogens is 2. The van der Waals surface area contributed by atoms with Crippen molar-refractivity contribution in [3.8, 4) is 0 Å². The van der Waals surface area contributed by atoms with Crippen LogP contribution in [0.5, 0.6) is 0 Å². The summed E-state index contributed by atoms with van der Waals surface area (Å²) in [6.45, 7) is 2.78. The van der Waals surface area contributed by atoms with E-state index in [1.54, 1.807) is 0 Å². The number of nitrogens with zero attached hydrogens (tertiary/aromatic N) is 1. The third kappa shape index (κ3) is 6.58. The number of benzene rings is 1. The number of hydrogen-bond donors (Lipinski definition) is 2. The summed E-state index contributed by atoms with van der Waals surface area (Å²) in [5, 5.41) is 3.04. The molecule has 1 saturated carbocycles. The number of amides is 1. The molecule has 0 heterocycles. The predicted octanol–water partition coefficient (Wildman–Crippen LogP) is 2.99. The Morgan fingerprint density at radius 1 is 1.30 bits per heavy atom. The fourth-order valence-corrected chi connectivity index (χ4v) is 2.95. The van der Waals surface area contributed by atoms with Gasteiger partial charge in [0.25, 0.3) is 0 Å².